The van der Waals surface area contributed by atoms with Crippen molar-refractivity contribution in [2.24, 2.45) is 0 Å². The molecule has 0 aliphatic carbocycles. The number of ether oxygens (including phenoxy) is 1. The number of amides is 1. The molecule has 2 aromatic carbocycles. The molecule has 2 unspecified atom stereocenters. The first-order valence-corrected chi connectivity index (χ1v) is 9.28. The van der Waals surface area contributed by atoms with E-state index in [1.54, 1.807) is 55.5 Å². The number of ketones is 1. The summed E-state index contributed by atoms with van der Waals surface area (Å²) >= 11 is 3.31. The lowest BCUT2D eigenvalue weighted by molar-refractivity contribution is -0.152. The fourth-order valence-corrected chi connectivity index (χ4v) is 2.73. The molecule has 0 aliphatic rings. The number of hydrogen-bond donors (Lipinski definition) is 3. The van der Waals surface area contributed by atoms with Crippen LogP contribution < -0.4 is 10.1 Å². The maximum absolute atomic E-state index is 12.4. The Bertz CT molecular complexity index is 909. The fourth-order valence-electron chi connectivity index (χ4n) is 2.47. The van der Waals surface area contributed by atoms with E-state index in [1.807, 2.05) is 5.32 Å². The van der Waals surface area contributed by atoms with Gasteiger partial charge in [0.15, 0.2) is 6.10 Å². The topological polar surface area (TPSA) is 130 Å². The van der Waals surface area contributed by atoms with Crippen LogP contribution in [0.25, 0.3) is 0 Å². The number of carbonyl (C=O) groups is 4. The molecule has 0 aromatic heterocycles. The van der Waals surface area contributed by atoms with E-state index in [0.29, 0.717) is 16.9 Å². The highest BCUT2D eigenvalue weighted by Gasteiger charge is 2.24. The van der Waals surface area contributed by atoms with Crippen molar-refractivity contribution in [3.63, 3.8) is 0 Å². The summed E-state index contributed by atoms with van der Waals surface area (Å²) in [5, 5.41) is 19.7. The molecule has 0 saturated carbocycles. The summed E-state index contributed by atoms with van der Waals surface area (Å²) in [6, 6.07) is 11.8. The number of halogens is 1. The number of nitrogens with one attached hydrogen (secondary N) is 1. The van der Waals surface area contributed by atoms with Gasteiger partial charge in [-0.1, -0.05) is 40.2 Å². The third-order valence-electron chi connectivity index (χ3n) is 3.97. The van der Waals surface area contributed by atoms with Crippen LogP contribution in [-0.2, 0) is 20.8 Å². The summed E-state index contributed by atoms with van der Waals surface area (Å²) in [6.45, 7) is 1.63. The van der Waals surface area contributed by atoms with E-state index in [1.165, 1.54) is 0 Å². The molecule has 3 N–H and O–H groups in total. The first-order valence-electron chi connectivity index (χ1n) is 8.49. The van der Waals surface area contributed by atoms with Gasteiger partial charge in [-0.15, -0.1) is 0 Å². The van der Waals surface area contributed by atoms with Gasteiger partial charge in [0.1, 0.15) is 11.8 Å². The Morgan fingerprint density at radius 3 is 2.10 bits per heavy atom. The van der Waals surface area contributed by atoms with Gasteiger partial charge in [0.2, 0.25) is 5.78 Å². The first-order chi connectivity index (χ1) is 13.7. The van der Waals surface area contributed by atoms with Crippen molar-refractivity contribution in [2.75, 3.05) is 0 Å². The molecule has 29 heavy (non-hydrogen) atoms. The van der Waals surface area contributed by atoms with E-state index >= 15 is 0 Å². The molecular weight excluding hydrogens is 446 g/mol. The van der Waals surface area contributed by atoms with E-state index in [2.05, 4.69) is 15.9 Å². The number of rotatable bonds is 8. The van der Waals surface area contributed by atoms with Gasteiger partial charge in [-0.05, 0) is 36.8 Å². The van der Waals surface area contributed by atoms with Gasteiger partial charge >= 0.3 is 17.8 Å². The van der Waals surface area contributed by atoms with Gasteiger partial charge in [-0.2, -0.15) is 0 Å². The molecule has 0 radical (unpaired) electrons. The number of carboxylic acids is 2. The van der Waals surface area contributed by atoms with Crippen molar-refractivity contribution >= 4 is 39.6 Å². The van der Waals surface area contributed by atoms with Gasteiger partial charge in [0.05, 0.1) is 0 Å². The van der Waals surface area contributed by atoms with Crippen LogP contribution in [-0.4, -0.2) is 46.0 Å². The van der Waals surface area contributed by atoms with Crippen LogP contribution in [0.4, 0.5) is 0 Å². The second-order valence-corrected chi connectivity index (χ2v) is 7.06. The second-order valence-electron chi connectivity index (χ2n) is 6.15. The zero-order valence-electron chi connectivity index (χ0n) is 15.3. The molecule has 0 bridgehead atoms. The summed E-state index contributed by atoms with van der Waals surface area (Å²) in [6.07, 6.45) is -0.842. The molecule has 2 atom stereocenters. The average molecular weight is 464 g/mol. The van der Waals surface area contributed by atoms with Crippen LogP contribution in [0, 0.1) is 0 Å². The average Bonchev–Trinajstić information content (AvgIpc) is 2.68. The Labute approximate surface area is 174 Å². The van der Waals surface area contributed by atoms with Crippen LogP contribution >= 0.6 is 15.9 Å². The minimum absolute atomic E-state index is 0.109. The quantitative estimate of drug-likeness (QED) is 0.404. The minimum Gasteiger partial charge on any atom is -0.483 e. The van der Waals surface area contributed by atoms with Gasteiger partial charge in [0, 0.05) is 16.5 Å². The molecule has 1 amide bonds. The van der Waals surface area contributed by atoms with Gasteiger partial charge in [-0.25, -0.2) is 9.59 Å². The van der Waals surface area contributed by atoms with E-state index < -0.39 is 30.0 Å². The molecule has 9 heteroatoms. The van der Waals surface area contributed by atoms with Gasteiger partial charge in [0.25, 0.3) is 0 Å². The zero-order chi connectivity index (χ0) is 21.6. The highest BCUT2D eigenvalue weighted by molar-refractivity contribution is 9.10. The Hall–Kier alpha value is -3.20. The van der Waals surface area contributed by atoms with Crippen molar-refractivity contribution in [3.8, 4) is 5.75 Å². The molecule has 2 rings (SSSR count). The Balaban J connectivity index is 2.00. The zero-order valence-corrected chi connectivity index (χ0v) is 16.9. The highest BCUT2D eigenvalue weighted by atomic mass is 79.9. The third kappa shape index (κ3) is 6.42. The van der Waals surface area contributed by atoms with E-state index in [9.17, 15) is 19.2 Å². The maximum Gasteiger partial charge on any atom is 0.394 e. The molecule has 152 valence electrons. The molecule has 0 heterocycles. The van der Waals surface area contributed by atoms with Gasteiger partial charge < -0.3 is 20.3 Å². The predicted octanol–water partition coefficient (Wildman–Crippen LogP) is 2.30. The van der Waals surface area contributed by atoms with Crippen LogP contribution in [0.1, 0.15) is 22.8 Å². The molecular formula is C20H18BrNO7. The SMILES string of the molecule is CC(Oc1ccc(CC(NC(=O)C(=O)O)C(=O)O)cc1)C(=O)c1ccc(Br)cc1. The molecule has 0 aliphatic heterocycles. The monoisotopic (exact) mass is 463 g/mol. The molecule has 0 fully saturated rings. The Morgan fingerprint density at radius 1 is 1.00 bits per heavy atom. The van der Waals surface area contributed by atoms with E-state index in [0.717, 1.165) is 4.47 Å². The smallest absolute Gasteiger partial charge is 0.394 e. The molecule has 0 saturated heterocycles. The van der Waals surface area contributed by atoms with Crippen molar-refractivity contribution in [2.45, 2.75) is 25.5 Å². The maximum atomic E-state index is 12.4. The van der Waals surface area contributed by atoms with Crippen LogP contribution in [0.2, 0.25) is 0 Å². The summed E-state index contributed by atoms with van der Waals surface area (Å²) < 4.78 is 6.50. The number of aliphatic carboxylic acids is 2. The first kappa shape index (κ1) is 22.1. The van der Waals surface area contributed by atoms with Gasteiger partial charge in [-0.3, -0.25) is 9.59 Å². The standard InChI is InChI=1S/C20H18BrNO7/c1-11(17(23)13-4-6-14(21)7-5-13)29-15-8-2-12(3-9-15)10-16(19(25)26)22-18(24)20(27)28/h2-9,11,16H,10H2,1H3,(H,22,24)(H,25,26)(H,27,28). The van der Waals surface area contributed by atoms with E-state index in [-0.39, 0.29) is 12.2 Å². The largest absolute Gasteiger partial charge is 0.483 e. The molecule has 0 spiro atoms. The van der Waals surface area contributed by atoms with Crippen LogP contribution in [0.3, 0.4) is 0 Å². The lowest BCUT2D eigenvalue weighted by Gasteiger charge is -2.15. The lowest BCUT2D eigenvalue weighted by atomic mass is 10.1. The number of carbonyl (C=O) groups excluding carboxylic acids is 2. The number of hydrogen-bond acceptors (Lipinski definition) is 5. The molecule has 8 nitrogen and oxygen atoms in total. The van der Waals surface area contributed by atoms with Crippen LogP contribution in [0.5, 0.6) is 5.75 Å². The van der Waals surface area contributed by atoms with Crippen molar-refractivity contribution in [3.05, 3.63) is 64.1 Å². The number of Topliss-reactive ketones (excluding diaryl/α,β-unsaturated/α-hetero) is 1. The lowest BCUT2D eigenvalue weighted by Crippen LogP contribution is -2.45. The summed E-state index contributed by atoms with van der Waals surface area (Å²) in [5.41, 5.74) is 1.05. The van der Waals surface area contributed by atoms with Crippen molar-refractivity contribution in [1.29, 1.82) is 0 Å². The normalized spacial score (nSPS) is 12.5. The summed E-state index contributed by atoms with van der Waals surface area (Å²) in [5.74, 6) is -4.28. The number of benzene rings is 2. The molecule has 2 aromatic rings. The third-order valence-corrected chi connectivity index (χ3v) is 4.50. The Kier molecular flexibility index (Phi) is 7.49. The van der Waals surface area contributed by atoms with Crippen molar-refractivity contribution in [1.82, 2.24) is 5.32 Å². The predicted molar refractivity (Wildman–Crippen MR) is 106 cm³/mol. The summed E-state index contributed by atoms with van der Waals surface area (Å²) in [7, 11) is 0. The minimum atomic E-state index is -1.76. The van der Waals surface area contributed by atoms with Crippen molar-refractivity contribution < 1.29 is 34.1 Å². The Morgan fingerprint density at radius 2 is 1.59 bits per heavy atom. The van der Waals surface area contributed by atoms with E-state index in [4.69, 9.17) is 14.9 Å². The van der Waals surface area contributed by atoms with Crippen LogP contribution in [0.15, 0.2) is 53.0 Å². The number of carboxylic acid groups (broad SMARTS) is 2. The highest BCUT2D eigenvalue weighted by Crippen LogP contribution is 2.18. The second kappa shape index (κ2) is 9.83. The fraction of sp³-hybridized carbons (Fsp3) is 0.200. The summed E-state index contributed by atoms with van der Waals surface area (Å²) in [4.78, 5) is 45.4.